The molecule has 5 nitrogen and oxygen atoms in total. The number of hydroxylamine groups is 2. The summed E-state index contributed by atoms with van der Waals surface area (Å²) in [5.41, 5.74) is 1.48. The van der Waals surface area contributed by atoms with Gasteiger partial charge >= 0.3 is 5.97 Å². The highest BCUT2D eigenvalue weighted by molar-refractivity contribution is 6.20. The van der Waals surface area contributed by atoms with E-state index in [9.17, 15) is 14.4 Å². The van der Waals surface area contributed by atoms with Crippen LogP contribution in [0.5, 0.6) is 0 Å². The van der Waals surface area contributed by atoms with Gasteiger partial charge in [0.25, 0.3) is 11.8 Å². The molecule has 20 heavy (non-hydrogen) atoms. The Morgan fingerprint density at radius 3 is 2.20 bits per heavy atom. The second-order valence-corrected chi connectivity index (χ2v) is 4.72. The largest absolute Gasteiger partial charge is 0.333 e. The van der Waals surface area contributed by atoms with Crippen LogP contribution in [0.25, 0.3) is 0 Å². The lowest BCUT2D eigenvalue weighted by Crippen LogP contribution is -2.32. The number of fused-ring (bicyclic) bond motifs is 1. The van der Waals surface area contributed by atoms with Crippen molar-refractivity contribution in [3.63, 3.8) is 0 Å². The normalized spacial score (nSPS) is 13.3. The van der Waals surface area contributed by atoms with Gasteiger partial charge in [-0.05, 0) is 31.9 Å². The number of carbonyl (C=O) groups excluding carboxylic acids is 3. The van der Waals surface area contributed by atoms with Gasteiger partial charge in [0.1, 0.15) is 0 Å². The van der Waals surface area contributed by atoms with Crippen LogP contribution in [0.2, 0.25) is 0 Å². The molecule has 1 aliphatic rings. The number of hydrogen-bond acceptors (Lipinski definition) is 4. The van der Waals surface area contributed by atoms with Gasteiger partial charge in [0.05, 0.1) is 11.1 Å². The Morgan fingerprint density at radius 2 is 1.70 bits per heavy atom. The quantitative estimate of drug-likeness (QED) is 0.610. The number of rotatable bonds is 5. The Morgan fingerprint density at radius 1 is 1.15 bits per heavy atom. The van der Waals surface area contributed by atoms with E-state index in [1.807, 2.05) is 6.92 Å². The van der Waals surface area contributed by atoms with Crippen LogP contribution in [0, 0.1) is 0 Å². The molecular weight excluding hydrogens is 258 g/mol. The van der Waals surface area contributed by atoms with Gasteiger partial charge in [0.2, 0.25) is 0 Å². The van der Waals surface area contributed by atoms with Crippen molar-refractivity contribution in [1.29, 1.82) is 0 Å². The minimum absolute atomic E-state index is 0.139. The molecule has 0 N–H and O–H groups in total. The third kappa shape index (κ3) is 2.77. The van der Waals surface area contributed by atoms with Crippen molar-refractivity contribution in [2.24, 2.45) is 0 Å². The van der Waals surface area contributed by atoms with E-state index in [0.717, 1.165) is 5.57 Å². The van der Waals surface area contributed by atoms with Crippen LogP contribution in [-0.4, -0.2) is 22.8 Å². The Bertz CT molecular complexity index is 556. The second-order valence-electron chi connectivity index (χ2n) is 4.72. The van der Waals surface area contributed by atoms with Gasteiger partial charge in [-0.25, -0.2) is 4.79 Å². The van der Waals surface area contributed by atoms with E-state index in [1.54, 1.807) is 12.1 Å². The monoisotopic (exact) mass is 273 g/mol. The lowest BCUT2D eigenvalue weighted by atomic mass is 10.1. The van der Waals surface area contributed by atoms with Crippen molar-refractivity contribution < 1.29 is 19.2 Å². The van der Waals surface area contributed by atoms with Gasteiger partial charge in [-0.3, -0.25) is 9.59 Å². The molecule has 0 spiro atoms. The fourth-order valence-corrected chi connectivity index (χ4v) is 1.93. The van der Waals surface area contributed by atoms with Crippen molar-refractivity contribution in [1.82, 2.24) is 5.06 Å². The van der Waals surface area contributed by atoms with Crippen molar-refractivity contribution in [3.05, 3.63) is 47.5 Å². The molecule has 104 valence electrons. The second kappa shape index (κ2) is 5.69. The summed E-state index contributed by atoms with van der Waals surface area (Å²) in [5, 5.41) is 0.535. The summed E-state index contributed by atoms with van der Waals surface area (Å²) in [7, 11) is 0. The molecule has 0 bridgehead atoms. The van der Waals surface area contributed by atoms with Gasteiger partial charge in [-0.2, -0.15) is 0 Å². The zero-order valence-electron chi connectivity index (χ0n) is 11.2. The molecule has 0 radical (unpaired) electrons. The third-order valence-corrected chi connectivity index (χ3v) is 2.93. The Labute approximate surface area is 116 Å². The molecule has 1 heterocycles. The maximum atomic E-state index is 11.9. The van der Waals surface area contributed by atoms with Crippen molar-refractivity contribution >= 4 is 17.8 Å². The fraction of sp³-hybridized carbons (Fsp3) is 0.267. The summed E-state index contributed by atoms with van der Waals surface area (Å²) >= 11 is 0. The van der Waals surface area contributed by atoms with E-state index in [1.165, 1.54) is 12.1 Å². The van der Waals surface area contributed by atoms with Crippen LogP contribution in [0.4, 0.5) is 0 Å². The molecule has 0 aromatic heterocycles. The lowest BCUT2D eigenvalue weighted by molar-refractivity contribution is -0.168. The van der Waals surface area contributed by atoms with Crippen molar-refractivity contribution in [2.45, 2.75) is 26.2 Å². The predicted molar refractivity (Wildman–Crippen MR) is 71.7 cm³/mol. The van der Waals surface area contributed by atoms with Crippen molar-refractivity contribution in [3.8, 4) is 0 Å². The first-order chi connectivity index (χ1) is 9.50. The number of amides is 2. The Kier molecular flexibility index (Phi) is 3.98. The lowest BCUT2D eigenvalue weighted by Gasteiger charge is -2.12. The number of carbonyl (C=O) groups is 3. The average molecular weight is 273 g/mol. The van der Waals surface area contributed by atoms with Crippen LogP contribution in [-0.2, 0) is 9.63 Å². The van der Waals surface area contributed by atoms with E-state index in [4.69, 9.17) is 4.84 Å². The summed E-state index contributed by atoms with van der Waals surface area (Å²) in [6.45, 7) is 5.61. The Balaban J connectivity index is 1.98. The zero-order chi connectivity index (χ0) is 14.7. The SMILES string of the molecule is C=C(C)CCCC(=O)ON1C(=O)c2ccccc2C1=O. The first kappa shape index (κ1) is 14.0. The van der Waals surface area contributed by atoms with Crippen LogP contribution >= 0.6 is 0 Å². The first-order valence-corrected chi connectivity index (χ1v) is 6.33. The molecular formula is C15H15NO4. The smallest absolute Gasteiger partial charge is 0.330 e. The van der Waals surface area contributed by atoms with Crippen LogP contribution < -0.4 is 0 Å². The molecule has 0 saturated carbocycles. The molecule has 0 saturated heterocycles. The molecule has 2 amide bonds. The number of nitrogens with zero attached hydrogens (tertiary/aromatic N) is 1. The zero-order valence-corrected chi connectivity index (χ0v) is 11.2. The van der Waals surface area contributed by atoms with Crippen molar-refractivity contribution in [2.75, 3.05) is 0 Å². The third-order valence-electron chi connectivity index (χ3n) is 2.93. The molecule has 0 aliphatic carbocycles. The highest BCUT2D eigenvalue weighted by Crippen LogP contribution is 2.23. The molecule has 0 atom stereocenters. The standard InChI is InChI=1S/C15H15NO4/c1-10(2)6-5-9-13(17)20-16-14(18)11-7-3-4-8-12(11)15(16)19/h3-4,7-8H,1,5-6,9H2,2H3. The summed E-state index contributed by atoms with van der Waals surface area (Å²) in [6.07, 6.45) is 1.43. The van der Waals surface area contributed by atoms with Crippen LogP contribution in [0.3, 0.4) is 0 Å². The van der Waals surface area contributed by atoms with Crippen LogP contribution in [0.15, 0.2) is 36.4 Å². The minimum Gasteiger partial charge on any atom is -0.330 e. The molecule has 5 heteroatoms. The van der Waals surface area contributed by atoms with Gasteiger partial charge in [0.15, 0.2) is 0 Å². The maximum Gasteiger partial charge on any atom is 0.333 e. The van der Waals surface area contributed by atoms with Crippen LogP contribution in [0.1, 0.15) is 46.9 Å². The predicted octanol–water partition coefficient (Wildman–Crippen LogP) is 2.49. The van der Waals surface area contributed by atoms with Gasteiger partial charge in [-0.1, -0.05) is 22.8 Å². The first-order valence-electron chi connectivity index (χ1n) is 6.33. The topological polar surface area (TPSA) is 63.7 Å². The molecule has 2 rings (SSSR count). The van der Waals surface area contributed by atoms with Gasteiger partial charge < -0.3 is 4.84 Å². The van der Waals surface area contributed by atoms with E-state index in [2.05, 4.69) is 6.58 Å². The van der Waals surface area contributed by atoms with Gasteiger partial charge in [0, 0.05) is 6.42 Å². The van der Waals surface area contributed by atoms with E-state index >= 15 is 0 Å². The van der Waals surface area contributed by atoms with E-state index in [0.29, 0.717) is 17.9 Å². The molecule has 0 fully saturated rings. The number of allylic oxidation sites excluding steroid dienone is 1. The molecule has 1 aromatic rings. The highest BCUT2D eigenvalue weighted by atomic mass is 16.7. The fourth-order valence-electron chi connectivity index (χ4n) is 1.93. The number of imide groups is 1. The van der Waals surface area contributed by atoms with E-state index in [-0.39, 0.29) is 17.5 Å². The van der Waals surface area contributed by atoms with E-state index < -0.39 is 17.8 Å². The summed E-state index contributed by atoms with van der Waals surface area (Å²) in [5.74, 6) is -1.79. The molecule has 1 aromatic carbocycles. The Hall–Kier alpha value is -2.43. The number of hydrogen-bond donors (Lipinski definition) is 0. The summed E-state index contributed by atoms with van der Waals surface area (Å²) < 4.78 is 0. The van der Waals surface area contributed by atoms with Gasteiger partial charge in [-0.15, -0.1) is 6.58 Å². The average Bonchev–Trinajstić information content (AvgIpc) is 2.64. The summed E-state index contributed by atoms with van der Waals surface area (Å²) in [6, 6.07) is 6.37. The maximum absolute atomic E-state index is 11.9. The molecule has 0 unspecified atom stereocenters. The number of benzene rings is 1. The summed E-state index contributed by atoms with van der Waals surface area (Å²) in [4.78, 5) is 40.4. The molecule has 1 aliphatic heterocycles. The highest BCUT2D eigenvalue weighted by Gasteiger charge is 2.38. The minimum atomic E-state index is -0.598.